The van der Waals surface area contributed by atoms with Crippen molar-refractivity contribution in [2.24, 2.45) is 0 Å². The first kappa shape index (κ1) is 14.3. The van der Waals surface area contributed by atoms with Crippen molar-refractivity contribution in [3.63, 3.8) is 0 Å². The first-order valence-corrected chi connectivity index (χ1v) is 7.79. The highest BCUT2D eigenvalue weighted by Gasteiger charge is 2.26. The van der Waals surface area contributed by atoms with Gasteiger partial charge >= 0.3 is 0 Å². The smallest absolute Gasteiger partial charge is 0.191 e. The topological polar surface area (TPSA) is 47.8 Å². The number of para-hydroxylation sites is 1. The van der Waals surface area contributed by atoms with Crippen molar-refractivity contribution in [1.82, 2.24) is 15.0 Å². The summed E-state index contributed by atoms with van der Waals surface area (Å²) < 4.78 is 1.71. The van der Waals surface area contributed by atoms with Crippen molar-refractivity contribution in [3.05, 3.63) is 96.1 Å². The van der Waals surface area contributed by atoms with Crippen molar-refractivity contribution < 1.29 is 4.79 Å². The normalized spacial score (nSPS) is 12.2. The van der Waals surface area contributed by atoms with Gasteiger partial charge in [0.1, 0.15) is 11.6 Å². The molecular formula is C20H15N3O. The van der Waals surface area contributed by atoms with E-state index in [1.807, 2.05) is 84.9 Å². The Morgan fingerprint density at radius 1 is 0.792 bits per heavy atom. The van der Waals surface area contributed by atoms with E-state index in [0.717, 1.165) is 16.6 Å². The fourth-order valence-corrected chi connectivity index (χ4v) is 2.88. The van der Waals surface area contributed by atoms with Crippen molar-refractivity contribution in [1.29, 1.82) is 0 Å². The van der Waals surface area contributed by atoms with E-state index >= 15 is 0 Å². The quantitative estimate of drug-likeness (QED) is 0.537. The minimum atomic E-state index is -0.541. The van der Waals surface area contributed by atoms with Crippen LogP contribution >= 0.6 is 0 Å². The summed E-state index contributed by atoms with van der Waals surface area (Å²) in [6.45, 7) is 0. The van der Waals surface area contributed by atoms with Gasteiger partial charge in [0.25, 0.3) is 0 Å². The SMILES string of the molecule is O=C(c1ccccc1)[C@H](c1ccccc1)n1nnc2ccccc21. The van der Waals surface area contributed by atoms with Gasteiger partial charge in [0.15, 0.2) is 5.78 Å². The fraction of sp³-hybridized carbons (Fsp3) is 0.0500. The lowest BCUT2D eigenvalue weighted by molar-refractivity contribution is 0.0941. The van der Waals surface area contributed by atoms with Crippen molar-refractivity contribution >= 4 is 16.8 Å². The fourth-order valence-electron chi connectivity index (χ4n) is 2.88. The van der Waals surface area contributed by atoms with Gasteiger partial charge in [0.05, 0.1) is 5.52 Å². The molecule has 4 heteroatoms. The molecule has 4 aromatic rings. The summed E-state index contributed by atoms with van der Waals surface area (Å²) in [6.07, 6.45) is 0. The molecule has 116 valence electrons. The number of rotatable bonds is 4. The van der Waals surface area contributed by atoms with E-state index in [-0.39, 0.29) is 5.78 Å². The van der Waals surface area contributed by atoms with Crippen molar-refractivity contribution in [2.45, 2.75) is 6.04 Å². The highest BCUT2D eigenvalue weighted by atomic mass is 16.1. The van der Waals surface area contributed by atoms with Gasteiger partial charge in [0, 0.05) is 5.56 Å². The Kier molecular flexibility index (Phi) is 3.63. The molecule has 0 amide bonds. The molecule has 0 unspecified atom stereocenters. The molecule has 4 nitrogen and oxygen atoms in total. The maximum atomic E-state index is 13.2. The Labute approximate surface area is 139 Å². The van der Waals surface area contributed by atoms with Crippen LogP contribution in [0.1, 0.15) is 22.0 Å². The Morgan fingerprint density at radius 2 is 1.42 bits per heavy atom. The second kappa shape index (κ2) is 6.08. The number of carbonyl (C=O) groups is 1. The van der Waals surface area contributed by atoms with Gasteiger partial charge in [-0.15, -0.1) is 5.10 Å². The van der Waals surface area contributed by atoms with Crippen LogP contribution in [0.3, 0.4) is 0 Å². The average Bonchev–Trinajstić information content (AvgIpc) is 3.07. The minimum Gasteiger partial charge on any atom is -0.291 e. The molecule has 1 aromatic heterocycles. The third kappa shape index (κ3) is 2.48. The van der Waals surface area contributed by atoms with E-state index in [1.165, 1.54) is 0 Å². The predicted octanol–water partition coefficient (Wildman–Crippen LogP) is 3.90. The van der Waals surface area contributed by atoms with E-state index in [0.29, 0.717) is 5.56 Å². The van der Waals surface area contributed by atoms with Gasteiger partial charge < -0.3 is 0 Å². The number of carbonyl (C=O) groups excluding carboxylic acids is 1. The summed E-state index contributed by atoms with van der Waals surface area (Å²) in [4.78, 5) is 13.2. The van der Waals surface area contributed by atoms with Crippen LogP contribution < -0.4 is 0 Å². The molecule has 1 atom stereocenters. The minimum absolute atomic E-state index is 0.00236. The number of nitrogens with zero attached hydrogens (tertiary/aromatic N) is 3. The van der Waals surface area contributed by atoms with E-state index in [4.69, 9.17) is 0 Å². The van der Waals surface area contributed by atoms with Gasteiger partial charge in [-0.2, -0.15) is 0 Å². The van der Waals surface area contributed by atoms with Crippen LogP contribution in [0.2, 0.25) is 0 Å². The third-order valence-electron chi connectivity index (χ3n) is 4.04. The standard InChI is InChI=1S/C20H15N3O/c24-20(16-11-5-2-6-12-16)19(15-9-3-1-4-10-15)23-18-14-8-7-13-17(18)21-22-23/h1-14,19H/t19-/m0/s1. The lowest BCUT2D eigenvalue weighted by Crippen LogP contribution is -2.22. The zero-order valence-electron chi connectivity index (χ0n) is 12.9. The number of fused-ring (bicyclic) bond motifs is 1. The molecule has 4 rings (SSSR count). The van der Waals surface area contributed by atoms with E-state index < -0.39 is 6.04 Å². The lowest BCUT2D eigenvalue weighted by atomic mass is 9.97. The van der Waals surface area contributed by atoms with E-state index in [9.17, 15) is 4.79 Å². The van der Waals surface area contributed by atoms with Crippen LogP contribution in [0.5, 0.6) is 0 Å². The first-order valence-electron chi connectivity index (χ1n) is 7.79. The molecule has 0 saturated carbocycles. The number of aromatic nitrogens is 3. The molecule has 0 aliphatic rings. The molecule has 0 aliphatic carbocycles. The molecule has 0 N–H and O–H groups in total. The van der Waals surface area contributed by atoms with Gasteiger partial charge in [-0.25, -0.2) is 4.68 Å². The molecule has 0 fully saturated rings. The van der Waals surface area contributed by atoms with Crippen LogP contribution in [-0.4, -0.2) is 20.8 Å². The first-order chi connectivity index (χ1) is 11.8. The molecule has 0 aliphatic heterocycles. The monoisotopic (exact) mass is 313 g/mol. The lowest BCUT2D eigenvalue weighted by Gasteiger charge is -2.17. The van der Waals surface area contributed by atoms with Gasteiger partial charge in [-0.3, -0.25) is 4.79 Å². The summed E-state index contributed by atoms with van der Waals surface area (Å²) in [5, 5.41) is 8.47. The number of Topliss-reactive ketones (excluding diaryl/α,β-unsaturated/α-hetero) is 1. The summed E-state index contributed by atoms with van der Waals surface area (Å²) in [5.74, 6) is -0.00236. The Hall–Kier alpha value is -3.27. The van der Waals surface area contributed by atoms with Crippen molar-refractivity contribution in [2.75, 3.05) is 0 Å². The molecule has 0 bridgehead atoms. The average molecular weight is 313 g/mol. The van der Waals surface area contributed by atoms with Crippen LogP contribution in [0.25, 0.3) is 11.0 Å². The van der Waals surface area contributed by atoms with Crippen molar-refractivity contribution in [3.8, 4) is 0 Å². The summed E-state index contributed by atoms with van der Waals surface area (Å²) >= 11 is 0. The molecule has 24 heavy (non-hydrogen) atoms. The Bertz CT molecular complexity index is 977. The van der Waals surface area contributed by atoms with Crippen LogP contribution in [0.15, 0.2) is 84.9 Å². The number of ketones is 1. The second-order valence-corrected chi connectivity index (χ2v) is 5.57. The number of hydrogen-bond donors (Lipinski definition) is 0. The maximum Gasteiger partial charge on any atom is 0.191 e. The number of hydrogen-bond acceptors (Lipinski definition) is 3. The zero-order valence-corrected chi connectivity index (χ0v) is 12.9. The molecule has 0 spiro atoms. The molecular weight excluding hydrogens is 298 g/mol. The molecule has 3 aromatic carbocycles. The summed E-state index contributed by atoms with van der Waals surface area (Å²) in [7, 11) is 0. The maximum absolute atomic E-state index is 13.2. The van der Waals surface area contributed by atoms with E-state index in [1.54, 1.807) is 4.68 Å². The summed E-state index contributed by atoms with van der Waals surface area (Å²) in [5.41, 5.74) is 3.17. The van der Waals surface area contributed by atoms with Crippen LogP contribution in [0, 0.1) is 0 Å². The van der Waals surface area contributed by atoms with Crippen LogP contribution in [-0.2, 0) is 0 Å². The van der Waals surface area contributed by atoms with Gasteiger partial charge in [0.2, 0.25) is 0 Å². The van der Waals surface area contributed by atoms with E-state index in [2.05, 4.69) is 10.3 Å². The molecule has 0 radical (unpaired) electrons. The highest BCUT2D eigenvalue weighted by Crippen LogP contribution is 2.25. The van der Waals surface area contributed by atoms with Gasteiger partial charge in [-0.1, -0.05) is 78.0 Å². The van der Waals surface area contributed by atoms with Crippen LogP contribution in [0.4, 0.5) is 0 Å². The molecule has 1 heterocycles. The largest absolute Gasteiger partial charge is 0.291 e. The van der Waals surface area contributed by atoms with Gasteiger partial charge in [-0.05, 0) is 17.7 Å². The molecule has 0 saturated heterocycles. The third-order valence-corrected chi connectivity index (χ3v) is 4.04. The predicted molar refractivity (Wildman–Crippen MR) is 92.9 cm³/mol. The highest BCUT2D eigenvalue weighted by molar-refractivity contribution is 6.01. The second-order valence-electron chi connectivity index (χ2n) is 5.57. The Morgan fingerprint density at radius 3 is 2.17 bits per heavy atom. The number of benzene rings is 3. The summed E-state index contributed by atoms with van der Waals surface area (Å²) in [6, 6.07) is 26.1. The zero-order chi connectivity index (χ0) is 16.4. The Balaban J connectivity index is 1.90.